The van der Waals surface area contributed by atoms with Crippen molar-refractivity contribution in [2.45, 2.75) is 37.8 Å². The van der Waals surface area contributed by atoms with Crippen LogP contribution in [0, 0.1) is 12.8 Å². The summed E-state index contributed by atoms with van der Waals surface area (Å²) < 4.78 is 5.46. The van der Waals surface area contributed by atoms with Crippen LogP contribution < -0.4 is 4.74 Å². The molecule has 0 radical (unpaired) electrons. The number of methoxy groups -OCH3 is 1. The zero-order valence-corrected chi connectivity index (χ0v) is 17.0. The van der Waals surface area contributed by atoms with Gasteiger partial charge in [-0.05, 0) is 68.6 Å². The maximum atomic E-state index is 13.6. The summed E-state index contributed by atoms with van der Waals surface area (Å²) in [5.41, 5.74) is 2.53. The predicted molar refractivity (Wildman–Crippen MR) is 111 cm³/mol. The number of nitrogens with zero attached hydrogens (tertiary/aromatic N) is 2. The number of ether oxygens (including phenoxy) is 1. The highest BCUT2D eigenvalue weighted by Crippen LogP contribution is 2.47. The summed E-state index contributed by atoms with van der Waals surface area (Å²) in [5.74, 6) is 1.93. The SMILES string of the molecule is COc1cccc([C@H]2CN(C(=O)c3cccc(O)c3C)[C@@H]3C4CCN(CC4)[C@H]23)c1. The number of carbonyl (C=O) groups is 1. The van der Waals surface area contributed by atoms with E-state index in [-0.39, 0.29) is 23.6 Å². The van der Waals surface area contributed by atoms with Gasteiger partial charge in [-0.2, -0.15) is 0 Å². The first-order chi connectivity index (χ1) is 14.1. The smallest absolute Gasteiger partial charge is 0.254 e. The van der Waals surface area contributed by atoms with E-state index in [0.29, 0.717) is 29.6 Å². The van der Waals surface area contributed by atoms with Crippen molar-refractivity contribution in [1.29, 1.82) is 0 Å². The molecule has 3 atom stereocenters. The number of piperidine rings is 3. The molecule has 6 rings (SSSR count). The normalized spacial score (nSPS) is 30.3. The zero-order valence-electron chi connectivity index (χ0n) is 17.0. The van der Waals surface area contributed by atoms with E-state index < -0.39 is 0 Å². The minimum absolute atomic E-state index is 0.0487. The Morgan fingerprint density at radius 2 is 1.86 bits per heavy atom. The van der Waals surface area contributed by atoms with Crippen LogP contribution in [-0.2, 0) is 0 Å². The minimum Gasteiger partial charge on any atom is -0.508 e. The van der Waals surface area contributed by atoms with Crippen LogP contribution in [-0.4, -0.2) is 59.6 Å². The van der Waals surface area contributed by atoms with Crippen molar-refractivity contribution in [3.8, 4) is 11.5 Å². The number of phenols is 1. The molecule has 0 unspecified atom stereocenters. The summed E-state index contributed by atoms with van der Waals surface area (Å²) in [6.07, 6.45) is 2.32. The Labute approximate surface area is 171 Å². The molecule has 4 saturated heterocycles. The van der Waals surface area contributed by atoms with Gasteiger partial charge in [-0.3, -0.25) is 9.69 Å². The molecule has 1 N–H and O–H groups in total. The molecule has 0 spiro atoms. The van der Waals surface area contributed by atoms with Gasteiger partial charge in [0.1, 0.15) is 11.5 Å². The van der Waals surface area contributed by atoms with Gasteiger partial charge in [0.05, 0.1) is 13.2 Å². The second-order valence-electron chi connectivity index (χ2n) is 8.64. The summed E-state index contributed by atoms with van der Waals surface area (Å²) >= 11 is 0. The molecule has 2 aromatic rings. The quantitative estimate of drug-likeness (QED) is 0.870. The van der Waals surface area contributed by atoms with Crippen molar-refractivity contribution in [1.82, 2.24) is 9.80 Å². The van der Waals surface area contributed by atoms with Crippen LogP contribution in [0.2, 0.25) is 0 Å². The highest BCUT2D eigenvalue weighted by atomic mass is 16.5. The average Bonchev–Trinajstić information content (AvgIpc) is 3.19. The molecule has 1 amide bonds. The molecular weight excluding hydrogens is 364 g/mol. The van der Waals surface area contributed by atoms with E-state index in [1.807, 2.05) is 25.1 Å². The highest BCUT2D eigenvalue weighted by Gasteiger charge is 2.54. The number of carbonyl (C=O) groups excluding carboxylic acids is 1. The Kier molecular flexibility index (Phi) is 4.50. The van der Waals surface area contributed by atoms with Crippen molar-refractivity contribution in [2.75, 3.05) is 26.7 Å². The van der Waals surface area contributed by atoms with Crippen LogP contribution in [0.3, 0.4) is 0 Å². The van der Waals surface area contributed by atoms with Crippen LogP contribution in [0.5, 0.6) is 11.5 Å². The lowest BCUT2D eigenvalue weighted by Gasteiger charge is -2.51. The van der Waals surface area contributed by atoms with E-state index in [9.17, 15) is 9.90 Å². The number of fused-ring (bicyclic) bond motifs is 2. The zero-order chi connectivity index (χ0) is 20.1. The molecule has 29 heavy (non-hydrogen) atoms. The molecule has 5 heteroatoms. The standard InChI is InChI=1S/C24H28N2O3/c1-15-19(7-4-8-21(15)27)24(28)26-14-20(17-5-3-6-18(13-17)29-2)23-22(26)16-9-11-25(23)12-10-16/h3-8,13,16,20,22-23,27H,9-12,14H2,1-2H3/t20-,22-,23-/m1/s1. The van der Waals surface area contributed by atoms with Crippen LogP contribution in [0.4, 0.5) is 0 Å². The lowest BCUT2D eigenvalue weighted by atomic mass is 9.75. The maximum absolute atomic E-state index is 13.6. The summed E-state index contributed by atoms with van der Waals surface area (Å²) in [6.45, 7) is 4.79. The molecule has 4 fully saturated rings. The maximum Gasteiger partial charge on any atom is 0.254 e. The van der Waals surface area contributed by atoms with Crippen LogP contribution >= 0.6 is 0 Å². The van der Waals surface area contributed by atoms with Gasteiger partial charge in [0.25, 0.3) is 5.91 Å². The van der Waals surface area contributed by atoms with Crippen LogP contribution in [0.15, 0.2) is 42.5 Å². The van der Waals surface area contributed by atoms with Gasteiger partial charge in [-0.15, -0.1) is 0 Å². The number of likely N-dealkylation sites (tertiary alicyclic amines) is 1. The first kappa shape index (κ1) is 18.5. The second kappa shape index (κ2) is 7.06. The van der Waals surface area contributed by atoms with Crippen LogP contribution in [0.1, 0.15) is 40.2 Å². The van der Waals surface area contributed by atoms with Crippen molar-refractivity contribution >= 4 is 5.91 Å². The summed E-state index contributed by atoms with van der Waals surface area (Å²) in [5, 5.41) is 10.1. The van der Waals surface area contributed by atoms with Gasteiger partial charge in [0.2, 0.25) is 0 Å². The van der Waals surface area contributed by atoms with E-state index in [1.54, 1.807) is 19.2 Å². The number of phenolic OH excluding ortho intramolecular Hbond substituents is 1. The molecule has 0 aromatic heterocycles. The predicted octanol–water partition coefficient (Wildman–Crippen LogP) is 3.41. The minimum atomic E-state index is 0.0487. The van der Waals surface area contributed by atoms with Gasteiger partial charge < -0.3 is 14.7 Å². The fourth-order valence-corrected chi connectivity index (χ4v) is 5.83. The molecule has 152 valence electrons. The molecule has 2 bridgehead atoms. The van der Waals surface area contributed by atoms with E-state index in [0.717, 1.165) is 31.7 Å². The number of amides is 1. The van der Waals surface area contributed by atoms with Gasteiger partial charge >= 0.3 is 0 Å². The van der Waals surface area contributed by atoms with Gasteiger partial charge in [0.15, 0.2) is 0 Å². The Bertz CT molecular complexity index is 935. The van der Waals surface area contributed by atoms with E-state index >= 15 is 0 Å². The Hall–Kier alpha value is -2.53. The summed E-state index contributed by atoms with van der Waals surface area (Å²) in [7, 11) is 1.70. The summed E-state index contributed by atoms with van der Waals surface area (Å²) in [4.78, 5) is 18.3. The average molecular weight is 392 g/mol. The largest absolute Gasteiger partial charge is 0.508 e. The number of hydrogen-bond acceptors (Lipinski definition) is 4. The van der Waals surface area contributed by atoms with Crippen molar-refractivity contribution in [3.05, 3.63) is 59.2 Å². The Morgan fingerprint density at radius 3 is 2.62 bits per heavy atom. The van der Waals surface area contributed by atoms with E-state index in [4.69, 9.17) is 4.74 Å². The highest BCUT2D eigenvalue weighted by molar-refractivity contribution is 5.97. The number of aromatic hydroxyl groups is 1. The number of hydrogen-bond donors (Lipinski definition) is 1. The third kappa shape index (κ3) is 2.91. The van der Waals surface area contributed by atoms with Gasteiger partial charge in [0, 0.05) is 29.6 Å². The third-order valence-corrected chi connectivity index (χ3v) is 7.31. The molecule has 0 saturated carbocycles. The van der Waals surface area contributed by atoms with E-state index in [1.165, 1.54) is 5.56 Å². The fraction of sp³-hybridized carbons (Fsp3) is 0.458. The first-order valence-corrected chi connectivity index (χ1v) is 10.6. The molecule has 5 nitrogen and oxygen atoms in total. The number of benzene rings is 2. The molecule has 4 aliphatic heterocycles. The van der Waals surface area contributed by atoms with Crippen LogP contribution in [0.25, 0.3) is 0 Å². The summed E-state index contributed by atoms with van der Waals surface area (Å²) in [6, 6.07) is 14.2. The monoisotopic (exact) mass is 392 g/mol. The molecular formula is C24H28N2O3. The van der Waals surface area contributed by atoms with E-state index in [2.05, 4.69) is 21.9 Å². The molecule has 4 aliphatic rings. The van der Waals surface area contributed by atoms with Crippen molar-refractivity contribution < 1.29 is 14.6 Å². The lowest BCUT2D eigenvalue weighted by molar-refractivity contribution is -0.00344. The topological polar surface area (TPSA) is 53.0 Å². The van der Waals surface area contributed by atoms with Crippen molar-refractivity contribution in [3.63, 3.8) is 0 Å². The lowest BCUT2D eigenvalue weighted by Crippen LogP contribution is -2.60. The van der Waals surface area contributed by atoms with Gasteiger partial charge in [-0.1, -0.05) is 18.2 Å². The second-order valence-corrected chi connectivity index (χ2v) is 8.64. The molecule has 2 aromatic carbocycles. The molecule has 4 heterocycles. The number of rotatable bonds is 3. The van der Waals surface area contributed by atoms with Gasteiger partial charge in [-0.25, -0.2) is 0 Å². The first-order valence-electron chi connectivity index (χ1n) is 10.6. The van der Waals surface area contributed by atoms with Crippen molar-refractivity contribution in [2.24, 2.45) is 5.92 Å². The fourth-order valence-electron chi connectivity index (χ4n) is 5.83. The Morgan fingerprint density at radius 1 is 1.10 bits per heavy atom. The molecule has 0 aliphatic carbocycles. The Balaban J connectivity index is 1.54. The third-order valence-electron chi connectivity index (χ3n) is 7.31.